The molecule has 4 heteroatoms. The Balaban J connectivity index is 1.88. The van der Waals surface area contributed by atoms with Gasteiger partial charge in [0, 0.05) is 24.2 Å². The van der Waals surface area contributed by atoms with Gasteiger partial charge in [0.2, 0.25) is 5.95 Å². The van der Waals surface area contributed by atoms with Crippen molar-refractivity contribution in [2.24, 2.45) is 0 Å². The first-order valence-electron chi connectivity index (χ1n) is 9.15. The molecule has 26 heavy (non-hydrogen) atoms. The van der Waals surface area contributed by atoms with Crippen LogP contribution in [0, 0.1) is 6.92 Å². The highest BCUT2D eigenvalue weighted by Gasteiger charge is 2.09. The fourth-order valence-corrected chi connectivity index (χ4v) is 2.68. The molecule has 0 unspecified atom stereocenters. The molecular weight excluding hydrogens is 320 g/mol. The topological polar surface area (TPSA) is 49.8 Å². The van der Waals surface area contributed by atoms with Crippen LogP contribution in [0.25, 0.3) is 11.3 Å². The second kappa shape index (κ2) is 8.48. The molecule has 0 aliphatic rings. The fourth-order valence-electron chi connectivity index (χ4n) is 2.68. The van der Waals surface area contributed by atoms with Crippen LogP contribution in [0.3, 0.4) is 0 Å². The van der Waals surface area contributed by atoms with E-state index in [-0.39, 0.29) is 0 Å². The maximum atomic E-state index is 4.70. The van der Waals surface area contributed by atoms with E-state index in [4.69, 9.17) is 4.98 Å². The third kappa shape index (κ3) is 4.60. The molecule has 2 aromatic carbocycles. The molecule has 2 N–H and O–H groups in total. The molecule has 0 fully saturated rings. The zero-order valence-electron chi connectivity index (χ0n) is 15.7. The Kier molecular flexibility index (Phi) is 5.84. The molecule has 0 radical (unpaired) electrons. The number of anilines is 2. The van der Waals surface area contributed by atoms with Crippen LogP contribution in [0.4, 0.5) is 11.8 Å². The first-order chi connectivity index (χ1) is 12.7. The molecule has 134 valence electrons. The highest BCUT2D eigenvalue weighted by atomic mass is 15.2. The number of aromatic nitrogens is 2. The quantitative estimate of drug-likeness (QED) is 0.611. The van der Waals surface area contributed by atoms with Gasteiger partial charge < -0.3 is 10.6 Å². The molecule has 3 rings (SSSR count). The smallest absolute Gasteiger partial charge is 0.225 e. The van der Waals surface area contributed by atoms with Crippen LogP contribution in [0.15, 0.2) is 60.7 Å². The van der Waals surface area contributed by atoms with Crippen LogP contribution in [0.5, 0.6) is 0 Å². The molecule has 0 saturated heterocycles. The SMILES string of the molecule is CC[C@H](C)Nc1nc(NCc2ccccc2C)cc(-c2ccccc2)n1. The Morgan fingerprint density at radius 3 is 2.42 bits per heavy atom. The summed E-state index contributed by atoms with van der Waals surface area (Å²) in [7, 11) is 0. The van der Waals surface area contributed by atoms with Gasteiger partial charge >= 0.3 is 0 Å². The molecule has 4 nitrogen and oxygen atoms in total. The average molecular weight is 346 g/mol. The van der Waals surface area contributed by atoms with E-state index in [1.807, 2.05) is 24.3 Å². The molecule has 0 aliphatic carbocycles. The zero-order chi connectivity index (χ0) is 18.4. The predicted octanol–water partition coefficient (Wildman–Crippen LogP) is 5.27. The molecule has 1 heterocycles. The van der Waals surface area contributed by atoms with Gasteiger partial charge in [0.1, 0.15) is 5.82 Å². The summed E-state index contributed by atoms with van der Waals surface area (Å²) < 4.78 is 0. The van der Waals surface area contributed by atoms with E-state index in [1.165, 1.54) is 11.1 Å². The lowest BCUT2D eigenvalue weighted by Crippen LogP contribution is -2.16. The molecule has 1 aromatic heterocycles. The number of benzene rings is 2. The van der Waals surface area contributed by atoms with Gasteiger partial charge in [0.25, 0.3) is 0 Å². The lowest BCUT2D eigenvalue weighted by Gasteiger charge is -2.15. The van der Waals surface area contributed by atoms with Gasteiger partial charge in [0.15, 0.2) is 0 Å². The van der Waals surface area contributed by atoms with E-state index >= 15 is 0 Å². The number of nitrogens with zero attached hydrogens (tertiary/aromatic N) is 2. The maximum absolute atomic E-state index is 4.70. The Hall–Kier alpha value is -2.88. The molecule has 0 amide bonds. The summed E-state index contributed by atoms with van der Waals surface area (Å²) in [4.78, 5) is 9.36. The first-order valence-corrected chi connectivity index (χ1v) is 9.15. The standard InChI is InChI=1S/C22H26N4/c1-4-17(3)24-22-25-20(18-11-6-5-7-12-18)14-21(26-22)23-15-19-13-9-8-10-16(19)2/h5-14,17H,4,15H2,1-3H3,(H2,23,24,25,26)/t17-/m0/s1. The highest BCUT2D eigenvalue weighted by Crippen LogP contribution is 2.22. The Morgan fingerprint density at radius 2 is 1.69 bits per heavy atom. The number of aryl methyl sites for hydroxylation is 1. The summed E-state index contributed by atoms with van der Waals surface area (Å²) in [6.07, 6.45) is 1.02. The summed E-state index contributed by atoms with van der Waals surface area (Å²) >= 11 is 0. The van der Waals surface area contributed by atoms with E-state index < -0.39 is 0 Å². The van der Waals surface area contributed by atoms with Crippen molar-refractivity contribution in [3.05, 3.63) is 71.8 Å². The molecule has 0 bridgehead atoms. The van der Waals surface area contributed by atoms with Crippen LogP contribution in [0.1, 0.15) is 31.4 Å². The van der Waals surface area contributed by atoms with E-state index in [2.05, 4.69) is 72.8 Å². The molecule has 1 atom stereocenters. The van der Waals surface area contributed by atoms with E-state index in [0.29, 0.717) is 12.0 Å². The third-order valence-corrected chi connectivity index (χ3v) is 4.50. The van der Waals surface area contributed by atoms with Gasteiger partial charge in [0.05, 0.1) is 5.69 Å². The lowest BCUT2D eigenvalue weighted by atomic mass is 10.1. The van der Waals surface area contributed by atoms with Gasteiger partial charge in [-0.1, -0.05) is 61.5 Å². The highest BCUT2D eigenvalue weighted by molar-refractivity contribution is 5.64. The molecule has 0 saturated carbocycles. The van der Waals surface area contributed by atoms with Crippen molar-refractivity contribution in [2.75, 3.05) is 10.6 Å². The van der Waals surface area contributed by atoms with Crippen molar-refractivity contribution in [1.29, 1.82) is 0 Å². The summed E-state index contributed by atoms with van der Waals surface area (Å²) in [5.74, 6) is 1.49. The Bertz CT molecular complexity index is 846. The lowest BCUT2D eigenvalue weighted by molar-refractivity contribution is 0.753. The Morgan fingerprint density at radius 1 is 0.962 bits per heavy atom. The second-order valence-electron chi connectivity index (χ2n) is 6.56. The number of hydrogen-bond acceptors (Lipinski definition) is 4. The average Bonchev–Trinajstić information content (AvgIpc) is 2.68. The largest absolute Gasteiger partial charge is 0.366 e. The summed E-state index contributed by atoms with van der Waals surface area (Å²) in [5, 5.41) is 6.84. The van der Waals surface area contributed by atoms with Crippen molar-refractivity contribution in [3.8, 4) is 11.3 Å². The minimum atomic E-state index is 0.324. The van der Waals surface area contributed by atoms with Crippen LogP contribution < -0.4 is 10.6 Å². The predicted molar refractivity (Wildman–Crippen MR) is 109 cm³/mol. The van der Waals surface area contributed by atoms with Gasteiger partial charge in [-0.25, -0.2) is 4.98 Å². The van der Waals surface area contributed by atoms with Crippen LogP contribution in [0.2, 0.25) is 0 Å². The van der Waals surface area contributed by atoms with Crippen LogP contribution >= 0.6 is 0 Å². The minimum Gasteiger partial charge on any atom is -0.366 e. The zero-order valence-corrected chi connectivity index (χ0v) is 15.7. The summed E-state index contributed by atoms with van der Waals surface area (Å²) in [6.45, 7) is 7.15. The number of nitrogens with one attached hydrogen (secondary N) is 2. The molecule has 3 aromatic rings. The van der Waals surface area contributed by atoms with Crippen molar-refractivity contribution < 1.29 is 0 Å². The van der Waals surface area contributed by atoms with Crippen molar-refractivity contribution >= 4 is 11.8 Å². The van der Waals surface area contributed by atoms with Crippen LogP contribution in [-0.2, 0) is 6.54 Å². The minimum absolute atomic E-state index is 0.324. The van der Waals surface area contributed by atoms with Gasteiger partial charge in [-0.05, 0) is 31.4 Å². The van der Waals surface area contributed by atoms with Crippen molar-refractivity contribution in [1.82, 2.24) is 9.97 Å². The normalized spacial score (nSPS) is 11.8. The number of hydrogen-bond donors (Lipinski definition) is 2. The molecule has 0 aliphatic heterocycles. The van der Waals surface area contributed by atoms with E-state index in [1.54, 1.807) is 0 Å². The van der Waals surface area contributed by atoms with Gasteiger partial charge in [-0.2, -0.15) is 4.98 Å². The fraction of sp³-hybridized carbons (Fsp3) is 0.273. The van der Waals surface area contributed by atoms with Crippen molar-refractivity contribution in [2.45, 2.75) is 39.8 Å². The van der Waals surface area contributed by atoms with E-state index in [9.17, 15) is 0 Å². The molecule has 0 spiro atoms. The third-order valence-electron chi connectivity index (χ3n) is 4.50. The van der Waals surface area contributed by atoms with E-state index in [0.717, 1.165) is 30.0 Å². The Labute approximate surface area is 155 Å². The summed E-state index contributed by atoms with van der Waals surface area (Å²) in [5.41, 5.74) is 4.54. The number of rotatable bonds is 7. The van der Waals surface area contributed by atoms with Crippen LogP contribution in [-0.4, -0.2) is 16.0 Å². The maximum Gasteiger partial charge on any atom is 0.225 e. The van der Waals surface area contributed by atoms with Gasteiger partial charge in [-0.3, -0.25) is 0 Å². The van der Waals surface area contributed by atoms with Gasteiger partial charge in [-0.15, -0.1) is 0 Å². The summed E-state index contributed by atoms with van der Waals surface area (Å²) in [6, 6.07) is 20.9. The first kappa shape index (κ1) is 17.9. The van der Waals surface area contributed by atoms with Crippen molar-refractivity contribution in [3.63, 3.8) is 0 Å². The molecular formula is C22H26N4. The monoisotopic (exact) mass is 346 g/mol. The second-order valence-corrected chi connectivity index (χ2v) is 6.56.